The number of hydrogen-bond donors (Lipinski definition) is 0. The molecule has 0 aliphatic carbocycles. The highest BCUT2D eigenvalue weighted by atomic mass is 16.1. The Morgan fingerprint density at radius 1 is 1.12 bits per heavy atom. The second-order valence-corrected chi connectivity index (χ2v) is 3.82. The molecule has 82 valence electrons. The van der Waals surface area contributed by atoms with Crippen LogP contribution < -0.4 is 0 Å². The van der Waals surface area contributed by atoms with Crippen molar-refractivity contribution in [3.63, 3.8) is 0 Å². The van der Waals surface area contributed by atoms with Crippen molar-refractivity contribution in [2.24, 2.45) is 0 Å². The molecule has 0 aliphatic rings. The molecule has 0 bridgehead atoms. The van der Waals surface area contributed by atoms with E-state index in [1.54, 1.807) is 42.5 Å². The normalized spacial score (nSPS) is 9.65. The van der Waals surface area contributed by atoms with Gasteiger partial charge in [0.05, 0.1) is 0 Å². The van der Waals surface area contributed by atoms with Crippen LogP contribution in [0.4, 0.5) is 5.69 Å². The average molecular weight is 223 g/mol. The van der Waals surface area contributed by atoms with Crippen LogP contribution in [0.25, 0.3) is 4.98 Å². The molecule has 3 heteroatoms. The molecule has 0 heterocycles. The Hall–Kier alpha value is -2.47. The van der Waals surface area contributed by atoms with Gasteiger partial charge in [-0.1, -0.05) is 36.4 Å². The van der Waals surface area contributed by atoms with E-state index in [-0.39, 0.29) is 5.78 Å². The Balaban J connectivity index is 2.52. The summed E-state index contributed by atoms with van der Waals surface area (Å²) in [6.45, 7) is 1.89. The number of benzene rings is 2. The minimum atomic E-state index is -0.137. The maximum absolute atomic E-state index is 12.2. The van der Waals surface area contributed by atoms with E-state index in [9.17, 15) is 4.79 Å². The lowest BCUT2D eigenvalue weighted by Crippen LogP contribution is -2.01. The quantitative estimate of drug-likeness (QED) is 0.575. The average Bonchev–Trinajstić information content (AvgIpc) is 2.39. The third-order valence-electron chi connectivity index (χ3n) is 2.54. The van der Waals surface area contributed by atoms with Gasteiger partial charge in [0, 0.05) is 11.6 Å². The predicted molar refractivity (Wildman–Crippen MR) is 65.8 cm³/mol. The topological polar surface area (TPSA) is 45.2 Å². The molecule has 0 amide bonds. The van der Waals surface area contributed by atoms with Crippen LogP contribution >= 0.6 is 0 Å². The van der Waals surface area contributed by atoms with Crippen LogP contribution in [0.15, 0.2) is 48.5 Å². The fourth-order valence-corrected chi connectivity index (χ4v) is 1.66. The van der Waals surface area contributed by atoms with Gasteiger partial charge >= 0.3 is 5.69 Å². The molecule has 0 radical (unpaired) electrons. The van der Waals surface area contributed by atoms with Crippen LogP contribution in [0.5, 0.6) is 0 Å². The Morgan fingerprint density at radius 2 is 1.82 bits per heavy atom. The van der Waals surface area contributed by atoms with E-state index in [1.807, 2.05) is 13.0 Å². The monoisotopic (exact) mass is 223 g/mol. The third kappa shape index (κ3) is 2.21. The Labute approximate surface area is 99.3 Å². The molecule has 0 fully saturated rings. The van der Waals surface area contributed by atoms with E-state index in [0.717, 1.165) is 5.56 Å². The summed E-state index contributed by atoms with van der Waals surface area (Å²) in [4.78, 5) is 15.3. The Kier molecular flexibility index (Phi) is 2.97. The van der Waals surface area contributed by atoms with Crippen LogP contribution in [0.1, 0.15) is 21.5 Å². The van der Waals surface area contributed by atoms with Gasteiger partial charge in [0.25, 0.3) is 0 Å². The van der Waals surface area contributed by atoms with Crippen molar-refractivity contribution in [1.82, 2.24) is 0 Å². The first-order valence-electron chi connectivity index (χ1n) is 5.28. The van der Waals surface area contributed by atoms with E-state index < -0.39 is 0 Å². The minimum Gasteiger partial charge on any atom is -0.288 e. The Morgan fingerprint density at radius 3 is 2.47 bits per heavy atom. The summed E-state index contributed by atoms with van der Waals surface area (Å²) in [5.74, 6) is -0.137. The summed E-state index contributed by atoms with van der Waals surface area (Å²) in [5, 5.41) is 8.88. The zero-order valence-electron chi connectivity index (χ0n) is 9.42. The highest BCUT2D eigenvalue weighted by molar-refractivity contribution is 6.12. The van der Waals surface area contributed by atoms with E-state index in [2.05, 4.69) is 4.98 Å². The van der Waals surface area contributed by atoms with Gasteiger partial charge < -0.3 is 0 Å². The van der Waals surface area contributed by atoms with Crippen LogP contribution in [0.2, 0.25) is 0 Å². The number of aryl methyl sites for hydroxylation is 1. The molecule has 17 heavy (non-hydrogen) atoms. The summed E-state index contributed by atoms with van der Waals surface area (Å²) < 4.78 is 0. The van der Waals surface area contributed by atoms with Gasteiger partial charge in [-0.2, -0.15) is 0 Å². The molecule has 0 spiro atoms. The molecule has 0 atom stereocenters. The second-order valence-electron chi connectivity index (χ2n) is 3.82. The number of hydrogen-bond acceptors (Lipinski definition) is 2. The van der Waals surface area contributed by atoms with Crippen molar-refractivity contribution < 1.29 is 4.79 Å². The van der Waals surface area contributed by atoms with E-state index in [0.29, 0.717) is 16.8 Å². The second kappa shape index (κ2) is 4.58. The van der Waals surface area contributed by atoms with E-state index >= 15 is 0 Å². The summed E-state index contributed by atoms with van der Waals surface area (Å²) >= 11 is 0. The molecule has 2 aromatic carbocycles. The molecule has 3 nitrogen and oxygen atoms in total. The summed E-state index contributed by atoms with van der Waals surface area (Å²) in [6, 6.07) is 14.1. The SMILES string of the molecule is Cc1ccc([N+]#N)c(C(=O)c2ccccc2)c1. The number of rotatable bonds is 2. The van der Waals surface area contributed by atoms with Crippen molar-refractivity contribution >= 4 is 11.5 Å². The van der Waals surface area contributed by atoms with Gasteiger partial charge in [-0.05, 0) is 18.6 Å². The molecule has 0 N–H and O–H groups in total. The smallest absolute Gasteiger partial charge is 0.288 e. The summed E-state index contributed by atoms with van der Waals surface area (Å²) in [5.41, 5.74) is 2.25. The summed E-state index contributed by atoms with van der Waals surface area (Å²) in [7, 11) is 0. The predicted octanol–water partition coefficient (Wildman–Crippen LogP) is 3.71. The van der Waals surface area contributed by atoms with Gasteiger partial charge in [0.15, 0.2) is 4.98 Å². The first kappa shape index (κ1) is 11.0. The zero-order chi connectivity index (χ0) is 12.3. The highest BCUT2D eigenvalue weighted by Gasteiger charge is 2.21. The standard InChI is InChI=1S/C14H11N2O/c1-10-7-8-13(16-15)12(9-10)14(17)11-5-3-2-4-6-11/h2-9H,1H3/q+1. The molecule has 0 aromatic heterocycles. The number of ketones is 1. The maximum Gasteiger partial charge on any atom is 0.396 e. The lowest BCUT2D eigenvalue weighted by molar-refractivity contribution is 0.103. The van der Waals surface area contributed by atoms with Crippen LogP contribution in [-0.4, -0.2) is 5.78 Å². The maximum atomic E-state index is 12.2. The van der Waals surface area contributed by atoms with Crippen molar-refractivity contribution in [2.75, 3.05) is 0 Å². The molecular weight excluding hydrogens is 212 g/mol. The first-order chi connectivity index (χ1) is 8.22. The largest absolute Gasteiger partial charge is 0.396 e. The van der Waals surface area contributed by atoms with Gasteiger partial charge in [-0.25, -0.2) is 0 Å². The first-order valence-corrected chi connectivity index (χ1v) is 5.28. The molecule has 2 aromatic rings. The van der Waals surface area contributed by atoms with Crippen LogP contribution in [0.3, 0.4) is 0 Å². The van der Waals surface area contributed by atoms with Gasteiger partial charge in [-0.15, -0.1) is 0 Å². The zero-order valence-corrected chi connectivity index (χ0v) is 9.42. The van der Waals surface area contributed by atoms with Crippen LogP contribution in [0, 0.1) is 12.3 Å². The van der Waals surface area contributed by atoms with Crippen molar-refractivity contribution in [3.8, 4) is 0 Å². The minimum absolute atomic E-state index is 0.137. The number of carbonyl (C=O) groups is 1. The molecule has 2 rings (SSSR count). The molecule has 0 unspecified atom stereocenters. The molecular formula is C14H11N2O+. The summed E-state index contributed by atoms with van der Waals surface area (Å²) in [6.07, 6.45) is 0. The third-order valence-corrected chi connectivity index (χ3v) is 2.54. The van der Waals surface area contributed by atoms with Gasteiger partial charge in [0.2, 0.25) is 11.2 Å². The molecule has 0 aliphatic heterocycles. The number of nitrogens with zero attached hydrogens (tertiary/aromatic N) is 2. The lowest BCUT2D eigenvalue weighted by Gasteiger charge is -1.99. The number of carbonyl (C=O) groups excluding carboxylic acids is 1. The van der Waals surface area contributed by atoms with Gasteiger partial charge in [-0.3, -0.25) is 4.79 Å². The Bertz CT molecular complexity index is 597. The van der Waals surface area contributed by atoms with E-state index in [4.69, 9.17) is 5.39 Å². The van der Waals surface area contributed by atoms with Crippen LogP contribution in [-0.2, 0) is 0 Å². The highest BCUT2D eigenvalue weighted by Crippen LogP contribution is 2.23. The fraction of sp³-hybridized carbons (Fsp3) is 0.0714. The lowest BCUT2D eigenvalue weighted by atomic mass is 10.00. The van der Waals surface area contributed by atoms with E-state index in [1.165, 1.54) is 0 Å². The van der Waals surface area contributed by atoms with Crippen molar-refractivity contribution in [1.29, 1.82) is 5.39 Å². The molecule has 0 saturated heterocycles. The van der Waals surface area contributed by atoms with Gasteiger partial charge in [0.1, 0.15) is 5.56 Å². The molecule has 0 saturated carbocycles. The fourth-order valence-electron chi connectivity index (χ4n) is 1.66. The van der Waals surface area contributed by atoms with Crippen molar-refractivity contribution in [3.05, 3.63) is 70.2 Å². The van der Waals surface area contributed by atoms with Crippen molar-refractivity contribution in [2.45, 2.75) is 6.92 Å². The number of diazo groups is 1.